The van der Waals surface area contributed by atoms with Gasteiger partial charge in [0.15, 0.2) is 0 Å². The minimum absolute atomic E-state index is 0.324. The molecule has 0 bridgehead atoms. The van der Waals surface area contributed by atoms with Crippen LogP contribution in [-0.2, 0) is 4.79 Å². The number of halogens is 2. The van der Waals surface area contributed by atoms with Gasteiger partial charge in [0, 0.05) is 5.92 Å². The van der Waals surface area contributed by atoms with Crippen molar-refractivity contribution in [3.8, 4) is 0 Å². The summed E-state index contributed by atoms with van der Waals surface area (Å²) < 4.78 is 26.9. The molecule has 0 aliphatic heterocycles. The lowest BCUT2D eigenvalue weighted by molar-refractivity contribution is -0.132. The van der Waals surface area contributed by atoms with Crippen molar-refractivity contribution in [1.29, 1.82) is 0 Å². The second-order valence-electron chi connectivity index (χ2n) is 5.82. The van der Waals surface area contributed by atoms with Crippen LogP contribution in [0.4, 0.5) is 8.78 Å². The fourth-order valence-corrected chi connectivity index (χ4v) is 3.18. The van der Waals surface area contributed by atoms with E-state index < -0.39 is 17.6 Å². The molecule has 24 heavy (non-hydrogen) atoms. The molecule has 0 radical (unpaired) electrons. The van der Waals surface area contributed by atoms with Crippen molar-refractivity contribution in [3.63, 3.8) is 0 Å². The van der Waals surface area contributed by atoms with Gasteiger partial charge < -0.3 is 0 Å². The van der Waals surface area contributed by atoms with Crippen molar-refractivity contribution in [3.05, 3.63) is 71.1 Å². The number of amides is 1. The summed E-state index contributed by atoms with van der Waals surface area (Å²) in [6.07, 6.45) is 3.25. The van der Waals surface area contributed by atoms with E-state index >= 15 is 0 Å². The molecule has 1 aromatic carbocycles. The summed E-state index contributed by atoms with van der Waals surface area (Å²) >= 11 is 0. The Morgan fingerprint density at radius 3 is 2.75 bits per heavy atom. The first kappa shape index (κ1) is 16.3. The molecule has 0 spiro atoms. The third kappa shape index (κ3) is 2.92. The van der Waals surface area contributed by atoms with Crippen molar-refractivity contribution in [1.82, 2.24) is 10.5 Å². The van der Waals surface area contributed by atoms with Gasteiger partial charge in [-0.3, -0.25) is 15.0 Å². The van der Waals surface area contributed by atoms with Crippen molar-refractivity contribution >= 4 is 11.5 Å². The number of rotatable bonds is 3. The Labute approximate surface area is 137 Å². The molecule has 1 amide bonds. The molecule has 2 atom stereocenters. The molecule has 2 aromatic rings. The van der Waals surface area contributed by atoms with Gasteiger partial charge in [-0.15, -0.1) is 0 Å². The standard InChI is InChI=1S/C18H16F2N2O2/c1-10-13(3-2-4-16(10)20)14-7-11(8-15(14)18(23)22-24)17-6-5-12(19)9-21-17/h2-6,8-9,14-15,24H,7H2,1H3,(H,22,23). The Morgan fingerprint density at radius 2 is 2.08 bits per heavy atom. The maximum Gasteiger partial charge on any atom is 0.250 e. The van der Waals surface area contributed by atoms with Crippen LogP contribution in [-0.4, -0.2) is 16.1 Å². The highest BCUT2D eigenvalue weighted by molar-refractivity contribution is 5.85. The number of hydroxylamine groups is 1. The highest BCUT2D eigenvalue weighted by Gasteiger charge is 2.35. The van der Waals surface area contributed by atoms with E-state index in [2.05, 4.69) is 4.98 Å². The number of hydrogen-bond acceptors (Lipinski definition) is 3. The maximum atomic E-state index is 13.9. The molecule has 0 saturated carbocycles. The van der Waals surface area contributed by atoms with E-state index in [4.69, 9.17) is 5.21 Å². The van der Waals surface area contributed by atoms with Crippen LogP contribution in [0.5, 0.6) is 0 Å². The Balaban J connectivity index is 2.00. The van der Waals surface area contributed by atoms with Gasteiger partial charge in [0.1, 0.15) is 11.6 Å². The monoisotopic (exact) mass is 330 g/mol. The molecular weight excluding hydrogens is 314 g/mol. The van der Waals surface area contributed by atoms with Gasteiger partial charge in [-0.25, -0.2) is 14.3 Å². The molecule has 124 valence electrons. The predicted octanol–water partition coefficient (Wildman–Crippen LogP) is 3.36. The Bertz CT molecular complexity index is 803. The smallest absolute Gasteiger partial charge is 0.250 e. The summed E-state index contributed by atoms with van der Waals surface area (Å²) in [7, 11) is 0. The van der Waals surface area contributed by atoms with Crippen LogP contribution in [0.2, 0.25) is 0 Å². The van der Waals surface area contributed by atoms with Crippen LogP contribution in [0.3, 0.4) is 0 Å². The number of hydrogen-bond donors (Lipinski definition) is 2. The van der Waals surface area contributed by atoms with Gasteiger partial charge in [0.05, 0.1) is 17.8 Å². The summed E-state index contributed by atoms with van der Waals surface area (Å²) in [5.41, 5.74) is 4.16. The highest BCUT2D eigenvalue weighted by atomic mass is 19.1. The van der Waals surface area contributed by atoms with Crippen LogP contribution in [0, 0.1) is 24.5 Å². The van der Waals surface area contributed by atoms with E-state index in [0.717, 1.165) is 11.8 Å². The molecule has 3 rings (SSSR count). The molecule has 1 aliphatic rings. The number of carbonyl (C=O) groups is 1. The van der Waals surface area contributed by atoms with E-state index in [0.29, 0.717) is 23.2 Å². The first-order valence-electron chi connectivity index (χ1n) is 7.53. The molecule has 2 unspecified atom stereocenters. The first-order valence-corrected chi connectivity index (χ1v) is 7.53. The van der Waals surface area contributed by atoms with Crippen molar-refractivity contribution < 1.29 is 18.8 Å². The lowest BCUT2D eigenvalue weighted by atomic mass is 9.85. The fraction of sp³-hybridized carbons (Fsp3) is 0.222. The minimum Gasteiger partial charge on any atom is -0.289 e. The number of benzene rings is 1. The molecule has 4 nitrogen and oxygen atoms in total. The van der Waals surface area contributed by atoms with Gasteiger partial charge in [-0.2, -0.15) is 0 Å². The van der Waals surface area contributed by atoms with E-state index in [1.54, 1.807) is 30.6 Å². The lowest BCUT2D eigenvalue weighted by Gasteiger charge is -2.20. The zero-order valence-corrected chi connectivity index (χ0v) is 13.0. The van der Waals surface area contributed by atoms with Gasteiger partial charge in [-0.1, -0.05) is 18.2 Å². The van der Waals surface area contributed by atoms with Crippen LogP contribution in [0.25, 0.3) is 5.57 Å². The van der Waals surface area contributed by atoms with Crippen molar-refractivity contribution in [2.75, 3.05) is 0 Å². The Hall–Kier alpha value is -2.60. The SMILES string of the molecule is Cc1c(F)cccc1C1CC(c2ccc(F)cn2)=CC1C(=O)NO. The van der Waals surface area contributed by atoms with Crippen LogP contribution in [0.15, 0.2) is 42.6 Å². The zero-order chi connectivity index (χ0) is 17.3. The maximum absolute atomic E-state index is 13.9. The molecule has 1 heterocycles. The van der Waals surface area contributed by atoms with Gasteiger partial charge >= 0.3 is 0 Å². The van der Waals surface area contributed by atoms with E-state index in [1.807, 2.05) is 0 Å². The number of nitrogens with one attached hydrogen (secondary N) is 1. The third-order valence-corrected chi connectivity index (χ3v) is 4.43. The van der Waals surface area contributed by atoms with Gasteiger partial charge in [0.2, 0.25) is 0 Å². The van der Waals surface area contributed by atoms with E-state index in [9.17, 15) is 13.6 Å². The average molecular weight is 330 g/mol. The average Bonchev–Trinajstić information content (AvgIpc) is 3.02. The van der Waals surface area contributed by atoms with Crippen molar-refractivity contribution in [2.24, 2.45) is 5.92 Å². The number of aromatic nitrogens is 1. The Morgan fingerprint density at radius 1 is 1.29 bits per heavy atom. The second-order valence-corrected chi connectivity index (χ2v) is 5.82. The molecule has 1 aliphatic carbocycles. The van der Waals surface area contributed by atoms with Crippen LogP contribution in [0.1, 0.15) is 29.2 Å². The van der Waals surface area contributed by atoms with E-state index in [-0.39, 0.29) is 11.7 Å². The fourth-order valence-electron chi connectivity index (χ4n) is 3.18. The topological polar surface area (TPSA) is 62.2 Å². The molecule has 0 saturated heterocycles. The molecule has 0 fully saturated rings. The first-order chi connectivity index (χ1) is 11.5. The highest BCUT2D eigenvalue weighted by Crippen LogP contribution is 2.43. The molecule has 6 heteroatoms. The number of nitrogens with zero attached hydrogens (tertiary/aromatic N) is 1. The second kappa shape index (κ2) is 6.49. The summed E-state index contributed by atoms with van der Waals surface area (Å²) in [5, 5.41) is 9.01. The zero-order valence-electron chi connectivity index (χ0n) is 13.0. The van der Waals surface area contributed by atoms with Crippen LogP contribution >= 0.6 is 0 Å². The lowest BCUT2D eigenvalue weighted by Crippen LogP contribution is -2.29. The summed E-state index contributed by atoms with van der Waals surface area (Å²) in [6.45, 7) is 1.66. The summed E-state index contributed by atoms with van der Waals surface area (Å²) in [5.74, 6) is -2.34. The summed E-state index contributed by atoms with van der Waals surface area (Å²) in [4.78, 5) is 16.1. The van der Waals surface area contributed by atoms with Crippen molar-refractivity contribution in [2.45, 2.75) is 19.3 Å². The summed E-state index contributed by atoms with van der Waals surface area (Å²) in [6, 6.07) is 7.57. The number of carbonyl (C=O) groups excluding carboxylic acids is 1. The third-order valence-electron chi connectivity index (χ3n) is 4.43. The number of allylic oxidation sites excluding steroid dienone is 1. The normalized spacial score (nSPS) is 19.9. The number of pyridine rings is 1. The predicted molar refractivity (Wildman–Crippen MR) is 84.1 cm³/mol. The van der Waals surface area contributed by atoms with Gasteiger partial charge in [0.25, 0.3) is 5.91 Å². The minimum atomic E-state index is -0.655. The largest absolute Gasteiger partial charge is 0.289 e. The molecular formula is C18H16F2N2O2. The molecule has 1 aromatic heterocycles. The van der Waals surface area contributed by atoms with E-state index in [1.165, 1.54) is 18.2 Å². The Kier molecular flexibility index (Phi) is 4.40. The van der Waals surface area contributed by atoms with Gasteiger partial charge in [-0.05, 0) is 48.2 Å². The molecule has 2 N–H and O–H groups in total. The quantitative estimate of drug-likeness (QED) is 0.670. The van der Waals surface area contributed by atoms with Crippen LogP contribution < -0.4 is 5.48 Å².